The first-order chi connectivity index (χ1) is 20.5. The number of allylic oxidation sites excluding steroid dienone is 2. The third kappa shape index (κ3) is 8.88. The van der Waals surface area contributed by atoms with E-state index in [1.165, 1.54) is 42.8 Å². The van der Waals surface area contributed by atoms with E-state index in [0.717, 1.165) is 49.5 Å². The van der Waals surface area contributed by atoms with Gasteiger partial charge in [0, 0.05) is 28.8 Å². The van der Waals surface area contributed by atoms with Gasteiger partial charge in [-0.1, -0.05) is 67.8 Å². The highest BCUT2D eigenvalue weighted by Gasteiger charge is 2.31. The predicted octanol–water partition coefficient (Wildman–Crippen LogP) is 6.99. The fourth-order valence-electron chi connectivity index (χ4n) is 5.03. The summed E-state index contributed by atoms with van der Waals surface area (Å²) in [7, 11) is 0. The number of hydrogen-bond donors (Lipinski definition) is 2. The van der Waals surface area contributed by atoms with Gasteiger partial charge in [-0.25, -0.2) is 0 Å². The molecular formula is C33H30F3NO6. The fourth-order valence-corrected chi connectivity index (χ4v) is 5.03. The molecule has 43 heavy (non-hydrogen) atoms. The zero-order valence-electron chi connectivity index (χ0n) is 23.2. The van der Waals surface area contributed by atoms with E-state index in [4.69, 9.17) is 5.11 Å². The molecular weight excluding hydrogens is 563 g/mol. The minimum atomic E-state index is -4.93. The van der Waals surface area contributed by atoms with Crippen molar-refractivity contribution in [2.75, 3.05) is 6.54 Å². The van der Waals surface area contributed by atoms with Crippen LogP contribution in [0.4, 0.5) is 13.2 Å². The smallest absolute Gasteiger partial charge is 0.481 e. The summed E-state index contributed by atoms with van der Waals surface area (Å²) in [6, 6.07) is 17.6. The van der Waals surface area contributed by atoms with Gasteiger partial charge < -0.3 is 15.2 Å². The van der Waals surface area contributed by atoms with Crippen molar-refractivity contribution in [1.29, 1.82) is 0 Å². The molecule has 0 bridgehead atoms. The number of benzene rings is 3. The van der Waals surface area contributed by atoms with E-state index in [9.17, 15) is 32.3 Å². The lowest BCUT2D eigenvalue weighted by Gasteiger charge is -2.22. The number of carboxylic acids is 1. The number of nitrogens with one attached hydrogen (secondary N) is 1. The largest absolute Gasteiger partial charge is 0.573 e. The molecule has 0 atom stereocenters. The van der Waals surface area contributed by atoms with Crippen molar-refractivity contribution in [3.63, 3.8) is 0 Å². The van der Waals surface area contributed by atoms with E-state index in [0.29, 0.717) is 11.5 Å². The molecule has 1 aliphatic rings. The number of ketones is 2. The summed E-state index contributed by atoms with van der Waals surface area (Å²) in [5.41, 5.74) is 1.90. The second-order valence-corrected chi connectivity index (χ2v) is 10.3. The maximum absolute atomic E-state index is 13.7. The summed E-state index contributed by atoms with van der Waals surface area (Å²) < 4.78 is 42.1. The van der Waals surface area contributed by atoms with E-state index < -0.39 is 35.6 Å². The van der Waals surface area contributed by atoms with Crippen molar-refractivity contribution in [1.82, 2.24) is 5.32 Å². The van der Waals surface area contributed by atoms with E-state index in [1.807, 2.05) is 12.1 Å². The first-order valence-electron chi connectivity index (χ1n) is 13.9. The van der Waals surface area contributed by atoms with E-state index >= 15 is 0 Å². The molecule has 10 heteroatoms. The average Bonchev–Trinajstić information content (AvgIpc) is 2.99. The molecule has 0 unspecified atom stereocenters. The van der Waals surface area contributed by atoms with Crippen LogP contribution in [0.15, 0.2) is 78.9 Å². The van der Waals surface area contributed by atoms with Crippen LogP contribution in [0.5, 0.6) is 5.75 Å². The van der Waals surface area contributed by atoms with Crippen molar-refractivity contribution in [3.8, 4) is 5.75 Å². The normalized spacial score (nSPS) is 14.2. The molecule has 0 aromatic heterocycles. The van der Waals surface area contributed by atoms with Gasteiger partial charge in [0.15, 0.2) is 11.6 Å². The lowest BCUT2D eigenvalue weighted by atomic mass is 9.83. The number of amides is 1. The van der Waals surface area contributed by atoms with Gasteiger partial charge in [-0.15, -0.1) is 13.2 Å². The minimum Gasteiger partial charge on any atom is -0.481 e. The first-order valence-corrected chi connectivity index (χ1v) is 13.9. The molecule has 0 saturated heterocycles. The Morgan fingerprint density at radius 3 is 2.09 bits per heavy atom. The van der Waals surface area contributed by atoms with Gasteiger partial charge in [-0.05, 0) is 60.2 Å². The van der Waals surface area contributed by atoms with Gasteiger partial charge in [0.2, 0.25) is 0 Å². The molecule has 0 heterocycles. The Bertz CT molecular complexity index is 1500. The van der Waals surface area contributed by atoms with Crippen molar-refractivity contribution in [2.24, 2.45) is 0 Å². The number of hydrogen-bond acceptors (Lipinski definition) is 5. The molecule has 1 amide bonds. The molecule has 0 aliphatic heterocycles. The summed E-state index contributed by atoms with van der Waals surface area (Å²) in [6.45, 7) is -0.0596. The van der Waals surface area contributed by atoms with Crippen molar-refractivity contribution >= 4 is 29.0 Å². The second-order valence-electron chi connectivity index (χ2n) is 10.3. The van der Waals surface area contributed by atoms with Crippen LogP contribution in [0.1, 0.15) is 86.6 Å². The molecule has 4 rings (SSSR count). The zero-order valence-corrected chi connectivity index (χ0v) is 23.2. The Hall–Kier alpha value is -4.73. The Morgan fingerprint density at radius 1 is 0.837 bits per heavy atom. The highest BCUT2D eigenvalue weighted by molar-refractivity contribution is 6.32. The predicted molar refractivity (Wildman–Crippen MR) is 153 cm³/mol. The molecule has 7 nitrogen and oxygen atoms in total. The average molecular weight is 594 g/mol. The summed E-state index contributed by atoms with van der Waals surface area (Å²) in [4.78, 5) is 50.0. The van der Waals surface area contributed by atoms with E-state index in [-0.39, 0.29) is 35.2 Å². The zero-order chi connectivity index (χ0) is 31.0. The molecule has 3 aromatic carbocycles. The maximum Gasteiger partial charge on any atom is 0.573 e. The number of Topliss-reactive ketones (excluding diaryl/α,β-unsaturated/α-hetero) is 1. The Kier molecular flexibility index (Phi) is 10.1. The van der Waals surface area contributed by atoms with Crippen LogP contribution < -0.4 is 10.1 Å². The van der Waals surface area contributed by atoms with Crippen LogP contribution in [-0.2, 0) is 4.79 Å². The number of ether oxygens (including phenoxy) is 1. The van der Waals surface area contributed by atoms with Gasteiger partial charge in [0.1, 0.15) is 5.75 Å². The SMILES string of the molecule is O=C(O)CCNC(=O)c1ccc(C(=O)/C(=C/C(=O)c2cccc(OC(F)(F)F)c2)c2ccc(C3CCCCC3)cc2)cc1. The van der Waals surface area contributed by atoms with Crippen LogP contribution in [0, 0.1) is 0 Å². The summed E-state index contributed by atoms with van der Waals surface area (Å²) >= 11 is 0. The molecule has 1 fully saturated rings. The number of rotatable bonds is 11. The summed E-state index contributed by atoms with van der Waals surface area (Å²) in [5, 5.41) is 11.2. The number of alkyl halides is 3. The van der Waals surface area contributed by atoms with Gasteiger partial charge in [-0.3, -0.25) is 19.2 Å². The monoisotopic (exact) mass is 593 g/mol. The topological polar surface area (TPSA) is 110 Å². The number of carboxylic acid groups (broad SMARTS) is 1. The molecule has 0 radical (unpaired) electrons. The van der Waals surface area contributed by atoms with Crippen LogP contribution in [0.25, 0.3) is 5.57 Å². The Balaban J connectivity index is 1.63. The summed E-state index contributed by atoms with van der Waals surface area (Å²) in [5.74, 6) is -2.93. The molecule has 3 aromatic rings. The Morgan fingerprint density at radius 2 is 1.47 bits per heavy atom. The lowest BCUT2D eigenvalue weighted by Crippen LogP contribution is -2.26. The number of carbonyl (C=O) groups is 4. The molecule has 1 aliphatic carbocycles. The fraction of sp³-hybridized carbons (Fsp3) is 0.273. The first kappa shape index (κ1) is 31.2. The van der Waals surface area contributed by atoms with Crippen molar-refractivity contribution in [2.45, 2.75) is 50.8 Å². The van der Waals surface area contributed by atoms with Gasteiger partial charge in [0.25, 0.3) is 5.91 Å². The molecule has 1 saturated carbocycles. The van der Waals surface area contributed by atoms with Crippen LogP contribution >= 0.6 is 0 Å². The highest BCUT2D eigenvalue weighted by Crippen LogP contribution is 2.33. The number of carbonyl (C=O) groups excluding carboxylic acids is 3. The van der Waals surface area contributed by atoms with Crippen molar-refractivity contribution in [3.05, 3.63) is 107 Å². The number of halogens is 3. The third-order valence-corrected chi connectivity index (χ3v) is 7.20. The van der Waals surface area contributed by atoms with E-state index in [1.54, 1.807) is 12.1 Å². The van der Waals surface area contributed by atoms with Gasteiger partial charge in [0.05, 0.1) is 6.42 Å². The number of aliphatic carboxylic acids is 1. The van der Waals surface area contributed by atoms with Gasteiger partial charge in [-0.2, -0.15) is 0 Å². The molecule has 0 spiro atoms. The standard InChI is InChI=1S/C33H30F3NO6/c34-33(35,36)43-27-8-4-7-26(19-27)29(38)20-28(23-11-9-22(10-12-23)21-5-2-1-3-6-21)31(41)24-13-15-25(16-14-24)32(42)37-18-17-30(39)40/h4,7-16,19-21H,1-3,5-6,17-18H2,(H,37,42)(H,39,40)/b28-20+. The molecule has 224 valence electrons. The van der Waals surface area contributed by atoms with Crippen LogP contribution in [0.3, 0.4) is 0 Å². The van der Waals surface area contributed by atoms with Crippen molar-refractivity contribution < 1.29 is 42.2 Å². The minimum absolute atomic E-state index is 0.0287. The summed E-state index contributed by atoms with van der Waals surface area (Å²) in [6.07, 6.45) is 1.57. The van der Waals surface area contributed by atoms with Crippen LogP contribution in [-0.4, -0.2) is 41.5 Å². The Labute approximate surface area is 246 Å². The molecule has 2 N–H and O–H groups in total. The second kappa shape index (κ2) is 14.0. The maximum atomic E-state index is 13.7. The quantitative estimate of drug-likeness (QED) is 0.183. The van der Waals surface area contributed by atoms with E-state index in [2.05, 4.69) is 10.1 Å². The van der Waals surface area contributed by atoms with Crippen LogP contribution in [0.2, 0.25) is 0 Å². The van der Waals surface area contributed by atoms with Gasteiger partial charge >= 0.3 is 12.3 Å². The third-order valence-electron chi connectivity index (χ3n) is 7.20. The lowest BCUT2D eigenvalue weighted by molar-refractivity contribution is -0.274. The highest BCUT2D eigenvalue weighted by atomic mass is 19.4.